The van der Waals surface area contributed by atoms with Gasteiger partial charge in [0.15, 0.2) is 0 Å². The van der Waals surface area contributed by atoms with Crippen molar-refractivity contribution in [1.29, 1.82) is 0 Å². The second-order valence-corrected chi connectivity index (χ2v) is 6.16. The molecular formula is C20H23KN2O. The first kappa shape index (κ1) is 19.8. The second kappa shape index (κ2) is 9.85. The molecule has 3 rings (SSSR count). The monoisotopic (exact) mass is 346 g/mol. The Bertz CT molecular complexity index is 636. The van der Waals surface area contributed by atoms with Crippen molar-refractivity contribution < 1.29 is 56.2 Å². The average Bonchev–Trinajstić information content (AvgIpc) is 3.09. The van der Waals surface area contributed by atoms with Gasteiger partial charge in [-0.25, -0.2) is 0 Å². The summed E-state index contributed by atoms with van der Waals surface area (Å²) in [6.07, 6.45) is 2.26. The fourth-order valence-electron chi connectivity index (χ4n) is 3.05. The Morgan fingerprint density at radius 1 is 1.08 bits per heavy atom. The van der Waals surface area contributed by atoms with Crippen molar-refractivity contribution in [2.75, 3.05) is 13.1 Å². The molecule has 0 aromatic heterocycles. The number of carbonyl (C=O) groups excluding carboxylic acids is 1. The van der Waals surface area contributed by atoms with E-state index in [0.29, 0.717) is 12.6 Å². The summed E-state index contributed by atoms with van der Waals surface area (Å²) in [5.41, 5.74) is 3.58. The summed E-state index contributed by atoms with van der Waals surface area (Å²) in [6, 6.07) is 19.1. The van der Waals surface area contributed by atoms with Gasteiger partial charge in [-0.1, -0.05) is 67.4 Å². The van der Waals surface area contributed by atoms with Crippen LogP contribution in [0.15, 0.2) is 54.6 Å². The molecule has 2 aromatic carbocycles. The van der Waals surface area contributed by atoms with E-state index in [2.05, 4.69) is 41.7 Å². The molecule has 1 amide bonds. The molecule has 0 N–H and O–H groups in total. The van der Waals surface area contributed by atoms with Crippen molar-refractivity contribution in [2.45, 2.75) is 32.4 Å². The predicted octanol–water partition coefficient (Wildman–Crippen LogP) is 1.24. The van der Waals surface area contributed by atoms with E-state index in [1.165, 1.54) is 11.1 Å². The SMILES string of the molecule is CC(=O)N(Cc1ccc(-c2ccccc2)cc1)CC1CCC[N-]1.[K+]. The van der Waals surface area contributed by atoms with E-state index < -0.39 is 0 Å². The minimum Gasteiger partial charge on any atom is -0.658 e. The second-order valence-electron chi connectivity index (χ2n) is 6.16. The molecule has 0 saturated carbocycles. The van der Waals surface area contributed by atoms with Crippen LogP contribution in [0.5, 0.6) is 0 Å². The number of carbonyl (C=O) groups is 1. The molecule has 0 bridgehead atoms. The zero-order valence-corrected chi connectivity index (χ0v) is 17.7. The molecule has 0 aliphatic carbocycles. The number of benzene rings is 2. The molecule has 1 aliphatic heterocycles. The van der Waals surface area contributed by atoms with E-state index in [0.717, 1.165) is 31.5 Å². The Kier molecular flexibility index (Phi) is 8.14. The van der Waals surface area contributed by atoms with Gasteiger partial charge in [0.2, 0.25) is 5.91 Å². The van der Waals surface area contributed by atoms with Gasteiger partial charge in [0.05, 0.1) is 0 Å². The van der Waals surface area contributed by atoms with Gasteiger partial charge >= 0.3 is 51.4 Å². The fourth-order valence-corrected chi connectivity index (χ4v) is 3.05. The van der Waals surface area contributed by atoms with Crippen molar-refractivity contribution in [3.8, 4) is 11.1 Å². The van der Waals surface area contributed by atoms with Gasteiger partial charge in [0.25, 0.3) is 0 Å². The summed E-state index contributed by atoms with van der Waals surface area (Å²) in [4.78, 5) is 13.8. The molecule has 1 aliphatic rings. The normalized spacial score (nSPS) is 16.5. The van der Waals surface area contributed by atoms with Gasteiger partial charge in [-0.05, 0) is 16.7 Å². The summed E-state index contributed by atoms with van der Waals surface area (Å²) in [5.74, 6) is 0.124. The molecule has 1 heterocycles. The maximum absolute atomic E-state index is 11.9. The topological polar surface area (TPSA) is 34.4 Å². The van der Waals surface area contributed by atoms with Crippen molar-refractivity contribution >= 4 is 5.91 Å². The molecule has 3 nitrogen and oxygen atoms in total. The van der Waals surface area contributed by atoms with Gasteiger partial charge in [0, 0.05) is 20.0 Å². The third kappa shape index (κ3) is 5.51. The maximum Gasteiger partial charge on any atom is 1.00 e. The summed E-state index contributed by atoms with van der Waals surface area (Å²) < 4.78 is 0. The van der Waals surface area contributed by atoms with Crippen LogP contribution in [0.2, 0.25) is 0 Å². The molecule has 4 heteroatoms. The number of nitrogens with zero attached hydrogens (tertiary/aromatic N) is 2. The van der Waals surface area contributed by atoms with E-state index in [1.54, 1.807) is 6.92 Å². The van der Waals surface area contributed by atoms with Gasteiger partial charge in [-0.2, -0.15) is 0 Å². The summed E-state index contributed by atoms with van der Waals surface area (Å²) in [5, 5.41) is 4.56. The first-order chi connectivity index (χ1) is 11.2. The molecule has 1 saturated heterocycles. The van der Waals surface area contributed by atoms with E-state index in [1.807, 2.05) is 23.1 Å². The third-order valence-electron chi connectivity index (χ3n) is 4.39. The largest absolute Gasteiger partial charge is 1.00 e. The summed E-state index contributed by atoms with van der Waals surface area (Å²) in [6.45, 7) is 4.00. The molecule has 0 spiro atoms. The molecular weight excluding hydrogens is 323 g/mol. The van der Waals surface area contributed by atoms with Crippen LogP contribution >= 0.6 is 0 Å². The Morgan fingerprint density at radius 2 is 1.75 bits per heavy atom. The van der Waals surface area contributed by atoms with E-state index in [-0.39, 0.29) is 57.3 Å². The van der Waals surface area contributed by atoms with Crippen LogP contribution in [0.25, 0.3) is 16.4 Å². The molecule has 1 fully saturated rings. The predicted molar refractivity (Wildman–Crippen MR) is 94.2 cm³/mol. The van der Waals surface area contributed by atoms with E-state index >= 15 is 0 Å². The third-order valence-corrected chi connectivity index (χ3v) is 4.39. The fraction of sp³-hybridized carbons (Fsp3) is 0.350. The Morgan fingerprint density at radius 3 is 2.33 bits per heavy atom. The zero-order chi connectivity index (χ0) is 16.1. The molecule has 120 valence electrons. The number of hydrogen-bond acceptors (Lipinski definition) is 1. The number of hydrogen-bond donors (Lipinski definition) is 0. The van der Waals surface area contributed by atoms with Gasteiger partial charge in [-0.3, -0.25) is 4.79 Å². The minimum atomic E-state index is 0. The standard InChI is InChI=1S/C20H23N2O.K/c1-16(23)22(15-20-8-5-13-21-20)14-17-9-11-19(12-10-17)18-6-3-2-4-7-18;/h2-4,6-7,9-12,20H,5,8,13-15H2,1H3;/q-1;+1. The van der Waals surface area contributed by atoms with Crippen molar-refractivity contribution in [2.24, 2.45) is 0 Å². The Labute approximate surface area is 187 Å². The smallest absolute Gasteiger partial charge is 0.658 e. The van der Waals surface area contributed by atoms with Crippen molar-refractivity contribution in [1.82, 2.24) is 4.90 Å². The maximum atomic E-state index is 11.9. The van der Waals surface area contributed by atoms with Crippen molar-refractivity contribution in [3.63, 3.8) is 0 Å². The van der Waals surface area contributed by atoms with E-state index in [9.17, 15) is 4.79 Å². The zero-order valence-electron chi connectivity index (χ0n) is 14.6. The molecule has 24 heavy (non-hydrogen) atoms. The molecule has 1 unspecified atom stereocenters. The van der Waals surface area contributed by atoms with Crippen LogP contribution in [-0.4, -0.2) is 29.9 Å². The van der Waals surface area contributed by atoms with E-state index in [4.69, 9.17) is 0 Å². The van der Waals surface area contributed by atoms with Crippen LogP contribution in [-0.2, 0) is 11.3 Å². The Hall–Kier alpha value is -0.494. The van der Waals surface area contributed by atoms with Crippen LogP contribution in [0.1, 0.15) is 25.3 Å². The number of rotatable bonds is 5. The van der Waals surface area contributed by atoms with Gasteiger partial charge in [0.1, 0.15) is 0 Å². The first-order valence-corrected chi connectivity index (χ1v) is 8.29. The quantitative estimate of drug-likeness (QED) is 0.750. The van der Waals surface area contributed by atoms with Gasteiger partial charge in [-0.15, -0.1) is 12.6 Å². The van der Waals surface area contributed by atoms with Crippen LogP contribution < -0.4 is 51.4 Å². The first-order valence-electron chi connectivity index (χ1n) is 8.29. The summed E-state index contributed by atoms with van der Waals surface area (Å²) >= 11 is 0. The van der Waals surface area contributed by atoms with Crippen molar-refractivity contribution in [3.05, 3.63) is 65.5 Å². The van der Waals surface area contributed by atoms with Crippen LogP contribution in [0, 0.1) is 0 Å². The molecule has 0 radical (unpaired) electrons. The molecule has 1 atom stereocenters. The van der Waals surface area contributed by atoms with Crippen LogP contribution in [0.4, 0.5) is 0 Å². The summed E-state index contributed by atoms with van der Waals surface area (Å²) in [7, 11) is 0. The Balaban J connectivity index is 0.00000208. The van der Waals surface area contributed by atoms with Crippen LogP contribution in [0.3, 0.4) is 0 Å². The minimum absolute atomic E-state index is 0. The van der Waals surface area contributed by atoms with Gasteiger partial charge < -0.3 is 10.2 Å². The average molecular weight is 347 g/mol. The molecule has 2 aromatic rings. The number of amides is 1.